The summed E-state index contributed by atoms with van der Waals surface area (Å²) in [4.78, 5) is 12.3. The Morgan fingerprint density at radius 3 is 2.95 bits per heavy atom. The quantitative estimate of drug-likeness (QED) is 0.880. The molecule has 5 heteroatoms. The van der Waals surface area contributed by atoms with Gasteiger partial charge in [-0.25, -0.2) is 4.98 Å². The van der Waals surface area contributed by atoms with Gasteiger partial charge in [0.1, 0.15) is 0 Å². The second-order valence-corrected chi connectivity index (χ2v) is 5.56. The summed E-state index contributed by atoms with van der Waals surface area (Å²) in [7, 11) is 2.07. The Morgan fingerprint density at radius 2 is 2.26 bits per heavy atom. The third-order valence-corrected chi connectivity index (χ3v) is 4.16. The van der Waals surface area contributed by atoms with Crippen LogP contribution in [0.2, 0.25) is 0 Å². The molecule has 1 N–H and O–H groups in total. The van der Waals surface area contributed by atoms with Crippen molar-refractivity contribution in [1.82, 2.24) is 15.3 Å². The Hall–Kier alpha value is -1.46. The third kappa shape index (κ3) is 3.75. The van der Waals surface area contributed by atoms with Crippen LogP contribution in [0.4, 0.5) is 5.13 Å². The molecular formula is C14H20N4S. The second kappa shape index (κ2) is 6.63. The molecule has 0 saturated carbocycles. The molecule has 0 aliphatic carbocycles. The van der Waals surface area contributed by atoms with Crippen molar-refractivity contribution in [3.05, 3.63) is 40.7 Å². The van der Waals surface area contributed by atoms with E-state index in [-0.39, 0.29) is 0 Å². The number of aryl methyl sites for hydroxylation is 1. The molecule has 0 fully saturated rings. The number of thiazole rings is 1. The zero-order valence-corrected chi connectivity index (χ0v) is 12.5. The Morgan fingerprint density at radius 1 is 1.42 bits per heavy atom. The third-order valence-electron chi connectivity index (χ3n) is 2.89. The molecule has 0 spiro atoms. The first-order valence-corrected chi connectivity index (χ1v) is 7.29. The molecule has 0 aliphatic rings. The highest BCUT2D eigenvalue weighted by atomic mass is 32.1. The SMILES string of the molecule is CCNCc1sc(N(C)Cc2cccnc2)nc1C. The zero-order valence-electron chi connectivity index (χ0n) is 11.7. The van der Waals surface area contributed by atoms with Gasteiger partial charge in [-0.05, 0) is 25.1 Å². The van der Waals surface area contributed by atoms with Gasteiger partial charge in [0.25, 0.3) is 0 Å². The van der Waals surface area contributed by atoms with Crippen LogP contribution >= 0.6 is 11.3 Å². The minimum Gasteiger partial charge on any atom is -0.347 e. The standard InChI is InChI=1S/C14H20N4S/c1-4-15-9-13-11(2)17-14(19-13)18(3)10-12-6-5-7-16-8-12/h5-8,15H,4,9-10H2,1-3H3. The van der Waals surface area contributed by atoms with Gasteiger partial charge in [-0.1, -0.05) is 13.0 Å². The van der Waals surface area contributed by atoms with E-state index in [9.17, 15) is 0 Å². The topological polar surface area (TPSA) is 41.0 Å². The maximum atomic E-state index is 4.64. The average molecular weight is 276 g/mol. The number of anilines is 1. The molecule has 0 saturated heterocycles. The summed E-state index contributed by atoms with van der Waals surface area (Å²) in [5, 5.41) is 4.41. The molecule has 0 unspecified atom stereocenters. The molecule has 2 aromatic rings. The highest BCUT2D eigenvalue weighted by molar-refractivity contribution is 7.15. The first-order valence-electron chi connectivity index (χ1n) is 6.47. The monoisotopic (exact) mass is 276 g/mol. The Bertz CT molecular complexity index is 509. The summed E-state index contributed by atoms with van der Waals surface area (Å²) in [6, 6.07) is 4.05. The lowest BCUT2D eigenvalue weighted by molar-refractivity contribution is 0.731. The Balaban J connectivity index is 2.05. The lowest BCUT2D eigenvalue weighted by Crippen LogP contribution is -2.16. The van der Waals surface area contributed by atoms with E-state index in [2.05, 4.69) is 47.1 Å². The summed E-state index contributed by atoms with van der Waals surface area (Å²) < 4.78 is 0. The predicted octanol–water partition coefficient (Wildman–Crippen LogP) is 2.59. The van der Waals surface area contributed by atoms with Crippen molar-refractivity contribution in [2.75, 3.05) is 18.5 Å². The van der Waals surface area contributed by atoms with Gasteiger partial charge in [0.2, 0.25) is 0 Å². The number of hydrogen-bond donors (Lipinski definition) is 1. The van der Waals surface area contributed by atoms with Crippen molar-refractivity contribution in [1.29, 1.82) is 0 Å². The van der Waals surface area contributed by atoms with Crippen LogP contribution in [0.3, 0.4) is 0 Å². The first-order chi connectivity index (χ1) is 9.20. The summed E-state index contributed by atoms with van der Waals surface area (Å²) in [5.74, 6) is 0. The van der Waals surface area contributed by atoms with E-state index >= 15 is 0 Å². The molecule has 2 aromatic heterocycles. The molecule has 102 valence electrons. The average Bonchev–Trinajstić information content (AvgIpc) is 2.79. The maximum Gasteiger partial charge on any atom is 0.185 e. The van der Waals surface area contributed by atoms with E-state index in [0.29, 0.717) is 0 Å². The van der Waals surface area contributed by atoms with Crippen molar-refractivity contribution < 1.29 is 0 Å². The van der Waals surface area contributed by atoms with Crippen LogP contribution in [0.1, 0.15) is 23.1 Å². The fraction of sp³-hybridized carbons (Fsp3) is 0.429. The number of aromatic nitrogens is 2. The molecule has 0 aromatic carbocycles. The number of hydrogen-bond acceptors (Lipinski definition) is 5. The lowest BCUT2D eigenvalue weighted by atomic mass is 10.3. The molecule has 0 atom stereocenters. The minimum atomic E-state index is 0.835. The van der Waals surface area contributed by atoms with Gasteiger partial charge in [-0.3, -0.25) is 4.98 Å². The number of rotatable bonds is 6. The normalized spacial score (nSPS) is 10.7. The van der Waals surface area contributed by atoms with Gasteiger partial charge in [-0.15, -0.1) is 11.3 Å². The highest BCUT2D eigenvalue weighted by Crippen LogP contribution is 2.26. The van der Waals surface area contributed by atoms with Gasteiger partial charge in [-0.2, -0.15) is 0 Å². The van der Waals surface area contributed by atoms with E-state index in [1.807, 2.05) is 12.3 Å². The van der Waals surface area contributed by atoms with Crippen molar-refractivity contribution in [3.63, 3.8) is 0 Å². The van der Waals surface area contributed by atoms with Gasteiger partial charge < -0.3 is 10.2 Å². The van der Waals surface area contributed by atoms with Crippen LogP contribution in [0.5, 0.6) is 0 Å². The molecule has 0 aliphatic heterocycles. The fourth-order valence-corrected chi connectivity index (χ4v) is 2.80. The van der Waals surface area contributed by atoms with Gasteiger partial charge in [0.05, 0.1) is 5.69 Å². The molecular weight excluding hydrogens is 256 g/mol. The Labute approximate surface area is 118 Å². The molecule has 0 amide bonds. The highest BCUT2D eigenvalue weighted by Gasteiger charge is 2.11. The van der Waals surface area contributed by atoms with Crippen molar-refractivity contribution >= 4 is 16.5 Å². The maximum absolute atomic E-state index is 4.64. The van der Waals surface area contributed by atoms with Crippen LogP contribution in [-0.2, 0) is 13.1 Å². The molecule has 2 rings (SSSR count). The minimum absolute atomic E-state index is 0.835. The van der Waals surface area contributed by atoms with Crippen LogP contribution < -0.4 is 10.2 Å². The largest absolute Gasteiger partial charge is 0.347 e. The van der Waals surface area contributed by atoms with Gasteiger partial charge >= 0.3 is 0 Å². The summed E-state index contributed by atoms with van der Waals surface area (Å²) >= 11 is 1.76. The van der Waals surface area contributed by atoms with Crippen molar-refractivity contribution in [2.45, 2.75) is 26.9 Å². The van der Waals surface area contributed by atoms with Gasteiger partial charge in [0, 0.05) is 37.4 Å². The molecule has 0 bridgehead atoms. The predicted molar refractivity (Wildman–Crippen MR) is 80.6 cm³/mol. The van der Waals surface area contributed by atoms with E-state index in [0.717, 1.165) is 30.5 Å². The lowest BCUT2D eigenvalue weighted by Gasteiger charge is -2.15. The molecule has 19 heavy (non-hydrogen) atoms. The van der Waals surface area contributed by atoms with E-state index in [1.165, 1.54) is 10.4 Å². The molecule has 4 nitrogen and oxygen atoms in total. The molecule has 0 radical (unpaired) electrons. The van der Waals surface area contributed by atoms with E-state index in [1.54, 1.807) is 17.5 Å². The number of pyridine rings is 1. The summed E-state index contributed by atoms with van der Waals surface area (Å²) in [5.41, 5.74) is 2.32. The van der Waals surface area contributed by atoms with E-state index in [4.69, 9.17) is 0 Å². The van der Waals surface area contributed by atoms with Crippen LogP contribution in [-0.4, -0.2) is 23.6 Å². The van der Waals surface area contributed by atoms with Crippen LogP contribution in [0.15, 0.2) is 24.5 Å². The van der Waals surface area contributed by atoms with Crippen molar-refractivity contribution in [3.8, 4) is 0 Å². The number of nitrogens with one attached hydrogen (secondary N) is 1. The zero-order chi connectivity index (χ0) is 13.7. The first kappa shape index (κ1) is 14.0. The fourth-order valence-electron chi connectivity index (χ4n) is 1.81. The summed E-state index contributed by atoms with van der Waals surface area (Å²) in [6.45, 7) is 6.91. The smallest absolute Gasteiger partial charge is 0.185 e. The van der Waals surface area contributed by atoms with Crippen LogP contribution in [0, 0.1) is 6.92 Å². The second-order valence-electron chi connectivity index (χ2n) is 4.50. The molecule has 2 heterocycles. The van der Waals surface area contributed by atoms with Gasteiger partial charge in [0.15, 0.2) is 5.13 Å². The van der Waals surface area contributed by atoms with E-state index < -0.39 is 0 Å². The number of nitrogens with zero attached hydrogens (tertiary/aromatic N) is 3. The van der Waals surface area contributed by atoms with Crippen molar-refractivity contribution in [2.24, 2.45) is 0 Å². The summed E-state index contributed by atoms with van der Waals surface area (Å²) in [6.07, 6.45) is 3.70. The van der Waals surface area contributed by atoms with Crippen LogP contribution in [0.25, 0.3) is 0 Å². The Kier molecular flexibility index (Phi) is 4.87.